The third-order valence-electron chi connectivity index (χ3n) is 3.04. The van der Waals surface area contributed by atoms with Crippen molar-refractivity contribution in [2.75, 3.05) is 10.6 Å². The van der Waals surface area contributed by atoms with Crippen LogP contribution in [0.2, 0.25) is 10.0 Å². The number of hydrogen-bond acceptors (Lipinski definition) is 5. The van der Waals surface area contributed by atoms with Gasteiger partial charge in [0.25, 0.3) is 0 Å². The Morgan fingerprint density at radius 2 is 1.74 bits per heavy atom. The number of nitrogens with one attached hydrogen (secondary N) is 2. The largest absolute Gasteiger partial charge is 0.364 e. The van der Waals surface area contributed by atoms with Gasteiger partial charge in [-0.2, -0.15) is 0 Å². The molecule has 2 N–H and O–H groups in total. The molecule has 0 saturated heterocycles. The van der Waals surface area contributed by atoms with Gasteiger partial charge in [0.15, 0.2) is 0 Å². The lowest BCUT2D eigenvalue weighted by Gasteiger charge is -2.09. The third-order valence-corrected chi connectivity index (χ3v) is 3.77. The molecule has 23 heavy (non-hydrogen) atoms. The monoisotopic (exact) mass is 345 g/mol. The fraction of sp³-hybridized carbons (Fsp3) is 0.0625. The zero-order valence-electron chi connectivity index (χ0n) is 12.0. The second-order valence-corrected chi connectivity index (χ2v) is 5.53. The highest BCUT2D eigenvalue weighted by molar-refractivity contribution is 6.42. The van der Waals surface area contributed by atoms with Gasteiger partial charge < -0.3 is 10.6 Å². The molecule has 0 atom stereocenters. The summed E-state index contributed by atoms with van der Waals surface area (Å²) in [7, 11) is 0. The van der Waals surface area contributed by atoms with Crippen molar-refractivity contribution in [1.82, 2.24) is 15.0 Å². The molecule has 0 aliphatic rings. The Morgan fingerprint density at radius 1 is 0.870 bits per heavy atom. The Labute approximate surface area is 143 Å². The summed E-state index contributed by atoms with van der Waals surface area (Å²) in [6.45, 7) is 0.587. The number of aromatic nitrogens is 3. The summed E-state index contributed by atoms with van der Waals surface area (Å²) in [4.78, 5) is 12.6. The van der Waals surface area contributed by atoms with E-state index in [1.54, 1.807) is 18.3 Å². The Bertz CT molecular complexity index is 795. The van der Waals surface area contributed by atoms with Gasteiger partial charge in [0, 0.05) is 18.0 Å². The van der Waals surface area contributed by atoms with E-state index < -0.39 is 0 Å². The van der Waals surface area contributed by atoms with Crippen molar-refractivity contribution in [3.05, 3.63) is 70.7 Å². The summed E-state index contributed by atoms with van der Waals surface area (Å²) >= 11 is 11.9. The molecule has 0 aliphatic carbocycles. The Hall–Kier alpha value is -2.37. The van der Waals surface area contributed by atoms with Crippen LogP contribution in [0.25, 0.3) is 0 Å². The lowest BCUT2D eigenvalue weighted by Crippen LogP contribution is -2.04. The van der Waals surface area contributed by atoms with Gasteiger partial charge in [-0.3, -0.25) is 4.98 Å². The van der Waals surface area contributed by atoms with E-state index in [0.29, 0.717) is 28.2 Å². The highest BCUT2D eigenvalue weighted by Crippen LogP contribution is 2.26. The number of pyridine rings is 1. The molecule has 5 nitrogen and oxygen atoms in total. The molecule has 0 aliphatic heterocycles. The first-order valence-electron chi connectivity index (χ1n) is 6.88. The maximum absolute atomic E-state index is 6.00. The van der Waals surface area contributed by atoms with Crippen LogP contribution in [0.15, 0.2) is 55.0 Å². The zero-order chi connectivity index (χ0) is 16.1. The Morgan fingerprint density at radius 3 is 2.52 bits per heavy atom. The van der Waals surface area contributed by atoms with Crippen molar-refractivity contribution in [2.24, 2.45) is 0 Å². The minimum atomic E-state index is 0.485. The summed E-state index contributed by atoms with van der Waals surface area (Å²) in [5, 5.41) is 7.36. The number of rotatable bonds is 5. The SMILES string of the molecule is Clc1ccc(Nc2cc(NCc3ccccn3)ncn2)cc1Cl. The average Bonchev–Trinajstić information content (AvgIpc) is 2.58. The number of benzene rings is 1. The lowest BCUT2D eigenvalue weighted by atomic mass is 10.3. The molecule has 0 fully saturated rings. The summed E-state index contributed by atoms with van der Waals surface area (Å²) in [5.74, 6) is 1.36. The molecule has 116 valence electrons. The van der Waals surface area contributed by atoms with Crippen LogP contribution in [0.1, 0.15) is 5.69 Å². The third kappa shape index (κ3) is 4.31. The molecule has 2 heterocycles. The summed E-state index contributed by atoms with van der Waals surface area (Å²) in [5.41, 5.74) is 1.74. The summed E-state index contributed by atoms with van der Waals surface area (Å²) < 4.78 is 0. The van der Waals surface area contributed by atoms with Gasteiger partial charge in [-0.05, 0) is 30.3 Å². The van der Waals surface area contributed by atoms with Crippen LogP contribution in [0.4, 0.5) is 17.3 Å². The average molecular weight is 346 g/mol. The van der Waals surface area contributed by atoms with Gasteiger partial charge >= 0.3 is 0 Å². The molecule has 3 aromatic rings. The van der Waals surface area contributed by atoms with E-state index in [1.165, 1.54) is 6.33 Å². The molecule has 2 aromatic heterocycles. The molecule has 0 amide bonds. The van der Waals surface area contributed by atoms with Gasteiger partial charge in [0.05, 0.1) is 22.3 Å². The smallest absolute Gasteiger partial charge is 0.135 e. The van der Waals surface area contributed by atoms with E-state index in [-0.39, 0.29) is 0 Å². The fourth-order valence-corrected chi connectivity index (χ4v) is 2.23. The van der Waals surface area contributed by atoms with Crippen molar-refractivity contribution in [2.45, 2.75) is 6.54 Å². The van der Waals surface area contributed by atoms with Crippen molar-refractivity contribution in [3.63, 3.8) is 0 Å². The number of hydrogen-bond donors (Lipinski definition) is 2. The minimum absolute atomic E-state index is 0.485. The standard InChI is InChI=1S/C16H13Cl2N5/c17-13-5-4-11(7-14(13)18)23-16-8-15(21-10-22-16)20-9-12-3-1-2-6-19-12/h1-8,10H,9H2,(H2,20,21,22,23). The minimum Gasteiger partial charge on any atom is -0.364 e. The Kier molecular flexibility index (Phi) is 4.90. The molecular formula is C16H13Cl2N5. The predicted octanol–water partition coefficient (Wildman–Crippen LogP) is 4.53. The first kappa shape index (κ1) is 15.5. The van der Waals surface area contributed by atoms with Crippen LogP contribution in [0, 0.1) is 0 Å². The quantitative estimate of drug-likeness (QED) is 0.710. The van der Waals surface area contributed by atoms with Gasteiger partial charge in [0.2, 0.25) is 0 Å². The first-order chi connectivity index (χ1) is 11.2. The first-order valence-corrected chi connectivity index (χ1v) is 7.64. The zero-order valence-corrected chi connectivity index (χ0v) is 13.5. The molecule has 0 spiro atoms. The van der Waals surface area contributed by atoms with Crippen LogP contribution in [0.3, 0.4) is 0 Å². The predicted molar refractivity (Wildman–Crippen MR) is 93.3 cm³/mol. The molecule has 3 rings (SSSR count). The maximum Gasteiger partial charge on any atom is 0.135 e. The van der Waals surface area contributed by atoms with Crippen LogP contribution < -0.4 is 10.6 Å². The molecule has 1 aromatic carbocycles. The molecule has 7 heteroatoms. The van der Waals surface area contributed by atoms with E-state index in [1.807, 2.05) is 30.3 Å². The van der Waals surface area contributed by atoms with E-state index in [2.05, 4.69) is 25.6 Å². The highest BCUT2D eigenvalue weighted by Gasteiger charge is 2.03. The van der Waals surface area contributed by atoms with E-state index >= 15 is 0 Å². The van der Waals surface area contributed by atoms with Crippen LogP contribution in [0.5, 0.6) is 0 Å². The molecule has 0 radical (unpaired) electrons. The van der Waals surface area contributed by atoms with Crippen LogP contribution in [-0.4, -0.2) is 15.0 Å². The van der Waals surface area contributed by atoms with Gasteiger partial charge in [0.1, 0.15) is 18.0 Å². The second-order valence-electron chi connectivity index (χ2n) is 4.72. The van der Waals surface area contributed by atoms with E-state index in [4.69, 9.17) is 23.2 Å². The molecular weight excluding hydrogens is 333 g/mol. The maximum atomic E-state index is 6.00. The second kappa shape index (κ2) is 7.26. The van der Waals surface area contributed by atoms with Crippen molar-refractivity contribution >= 4 is 40.5 Å². The molecule has 0 unspecified atom stereocenters. The van der Waals surface area contributed by atoms with Crippen LogP contribution in [-0.2, 0) is 6.54 Å². The van der Waals surface area contributed by atoms with Gasteiger partial charge in [-0.1, -0.05) is 29.3 Å². The van der Waals surface area contributed by atoms with Gasteiger partial charge in [-0.25, -0.2) is 9.97 Å². The number of nitrogens with zero attached hydrogens (tertiary/aromatic N) is 3. The van der Waals surface area contributed by atoms with Crippen molar-refractivity contribution in [3.8, 4) is 0 Å². The van der Waals surface area contributed by atoms with Crippen molar-refractivity contribution < 1.29 is 0 Å². The van der Waals surface area contributed by atoms with Crippen LogP contribution >= 0.6 is 23.2 Å². The number of halogens is 2. The topological polar surface area (TPSA) is 62.7 Å². The molecule has 0 bridgehead atoms. The molecule has 0 saturated carbocycles. The van der Waals surface area contributed by atoms with E-state index in [9.17, 15) is 0 Å². The van der Waals surface area contributed by atoms with E-state index in [0.717, 1.165) is 11.4 Å². The number of anilines is 3. The Balaban J connectivity index is 1.68. The van der Waals surface area contributed by atoms with Gasteiger partial charge in [-0.15, -0.1) is 0 Å². The van der Waals surface area contributed by atoms with Crippen molar-refractivity contribution in [1.29, 1.82) is 0 Å². The lowest BCUT2D eigenvalue weighted by molar-refractivity contribution is 1.02. The summed E-state index contributed by atoms with van der Waals surface area (Å²) in [6.07, 6.45) is 3.24. The highest BCUT2D eigenvalue weighted by atomic mass is 35.5. The summed E-state index contributed by atoms with van der Waals surface area (Å²) in [6, 6.07) is 12.9. The normalized spacial score (nSPS) is 10.3. The fourth-order valence-electron chi connectivity index (χ4n) is 1.93.